The monoisotopic (exact) mass is 272 g/mol. The van der Waals surface area contributed by atoms with E-state index in [0.29, 0.717) is 11.8 Å². The number of rotatable bonds is 3. The molecule has 2 heterocycles. The zero-order valence-electron chi connectivity index (χ0n) is 11.2. The number of nitrogens with zero attached hydrogens (tertiary/aromatic N) is 2. The van der Waals surface area contributed by atoms with Crippen LogP contribution >= 0.6 is 0 Å². The first-order valence-electron chi connectivity index (χ1n) is 6.62. The molecular formula is C14H16N4O2. The van der Waals surface area contributed by atoms with Crippen molar-refractivity contribution in [1.29, 1.82) is 0 Å². The molecule has 0 bridgehead atoms. The van der Waals surface area contributed by atoms with Crippen LogP contribution in [0.3, 0.4) is 0 Å². The van der Waals surface area contributed by atoms with Gasteiger partial charge in [0.2, 0.25) is 18.2 Å². The summed E-state index contributed by atoms with van der Waals surface area (Å²) in [6.07, 6.45) is 1.28. The number of carbonyl (C=O) groups is 1. The maximum atomic E-state index is 12.2. The molecule has 1 amide bonds. The molecule has 1 aliphatic heterocycles. The van der Waals surface area contributed by atoms with Crippen molar-refractivity contribution in [2.75, 3.05) is 18.4 Å². The molecule has 2 N–H and O–H groups in total. The van der Waals surface area contributed by atoms with Gasteiger partial charge in [-0.25, -0.2) is 0 Å². The van der Waals surface area contributed by atoms with Gasteiger partial charge < -0.3 is 15.1 Å². The Balaban J connectivity index is 1.74. The smallest absolute Gasteiger partial charge is 0.247 e. The Bertz CT molecular complexity index is 597. The Kier molecular flexibility index (Phi) is 3.47. The largest absolute Gasteiger partial charge is 0.423 e. The highest BCUT2D eigenvalue weighted by atomic mass is 16.4. The van der Waals surface area contributed by atoms with Crippen LogP contribution in [0.25, 0.3) is 11.5 Å². The Hall–Kier alpha value is -2.21. The minimum absolute atomic E-state index is 0.0158. The number of aromatic nitrogens is 2. The fourth-order valence-electron chi connectivity index (χ4n) is 2.42. The summed E-state index contributed by atoms with van der Waals surface area (Å²) in [7, 11) is 0. The van der Waals surface area contributed by atoms with Crippen LogP contribution in [0.4, 0.5) is 5.69 Å². The third kappa shape index (κ3) is 2.55. The third-order valence-corrected chi connectivity index (χ3v) is 3.59. The average Bonchev–Trinajstić information content (AvgIpc) is 3.09. The molecular weight excluding hydrogens is 256 g/mol. The lowest BCUT2D eigenvalue weighted by atomic mass is 9.97. The van der Waals surface area contributed by atoms with Gasteiger partial charge in [-0.15, -0.1) is 10.2 Å². The first-order valence-corrected chi connectivity index (χ1v) is 6.62. The summed E-state index contributed by atoms with van der Waals surface area (Å²) in [5.74, 6) is 0.860. The molecule has 1 fully saturated rings. The topological polar surface area (TPSA) is 80.0 Å². The Morgan fingerprint density at radius 1 is 1.45 bits per heavy atom. The summed E-state index contributed by atoms with van der Waals surface area (Å²) in [5.41, 5.74) is 1.53. The lowest BCUT2D eigenvalue weighted by Crippen LogP contribution is -2.27. The van der Waals surface area contributed by atoms with Gasteiger partial charge in [0.15, 0.2) is 0 Å². The van der Waals surface area contributed by atoms with Crippen LogP contribution in [0.15, 0.2) is 35.1 Å². The van der Waals surface area contributed by atoms with Crippen LogP contribution in [0, 0.1) is 11.8 Å². The maximum Gasteiger partial charge on any atom is 0.247 e. The number of hydrogen-bond acceptors (Lipinski definition) is 5. The SMILES string of the molecule is CC1CNCC1C(=O)Nc1cccc(-c2nnco2)c1. The van der Waals surface area contributed by atoms with Gasteiger partial charge in [-0.3, -0.25) is 4.79 Å². The molecule has 0 spiro atoms. The maximum absolute atomic E-state index is 12.2. The molecule has 1 aliphatic rings. The number of amides is 1. The van der Waals surface area contributed by atoms with Crippen molar-refractivity contribution in [3.63, 3.8) is 0 Å². The number of benzene rings is 1. The summed E-state index contributed by atoms with van der Waals surface area (Å²) in [5, 5.41) is 13.7. The van der Waals surface area contributed by atoms with Gasteiger partial charge in [0, 0.05) is 17.8 Å². The van der Waals surface area contributed by atoms with Crippen molar-refractivity contribution in [2.45, 2.75) is 6.92 Å². The summed E-state index contributed by atoms with van der Waals surface area (Å²) >= 11 is 0. The van der Waals surface area contributed by atoms with Gasteiger partial charge in [0.25, 0.3) is 0 Å². The normalized spacial score (nSPS) is 21.9. The van der Waals surface area contributed by atoms with E-state index in [9.17, 15) is 4.79 Å². The predicted octanol–water partition coefficient (Wildman–Crippen LogP) is 1.53. The van der Waals surface area contributed by atoms with Crippen LogP contribution in [0.2, 0.25) is 0 Å². The van der Waals surface area contributed by atoms with Crippen molar-refractivity contribution in [2.24, 2.45) is 11.8 Å². The van der Waals surface area contributed by atoms with E-state index in [1.807, 2.05) is 24.3 Å². The molecule has 104 valence electrons. The molecule has 2 atom stereocenters. The Morgan fingerprint density at radius 2 is 2.35 bits per heavy atom. The zero-order chi connectivity index (χ0) is 13.9. The number of nitrogens with one attached hydrogen (secondary N) is 2. The number of hydrogen-bond donors (Lipinski definition) is 2. The first-order chi connectivity index (χ1) is 9.74. The predicted molar refractivity (Wildman–Crippen MR) is 73.9 cm³/mol. The summed E-state index contributed by atoms with van der Waals surface area (Å²) in [6.45, 7) is 3.70. The van der Waals surface area contributed by atoms with E-state index in [2.05, 4.69) is 27.8 Å². The van der Waals surface area contributed by atoms with Gasteiger partial charge in [0.1, 0.15) is 0 Å². The summed E-state index contributed by atoms with van der Waals surface area (Å²) in [4.78, 5) is 12.2. The molecule has 0 aliphatic carbocycles. The second-order valence-electron chi connectivity index (χ2n) is 5.06. The summed E-state index contributed by atoms with van der Waals surface area (Å²) < 4.78 is 5.15. The molecule has 0 radical (unpaired) electrons. The minimum atomic E-state index is 0.0158. The van der Waals surface area contributed by atoms with Crippen molar-refractivity contribution in [1.82, 2.24) is 15.5 Å². The van der Waals surface area contributed by atoms with E-state index in [1.54, 1.807) is 0 Å². The molecule has 1 saturated heterocycles. The summed E-state index contributed by atoms with van der Waals surface area (Å²) in [6, 6.07) is 7.40. The Labute approximate surface area is 116 Å². The minimum Gasteiger partial charge on any atom is -0.423 e. The molecule has 6 heteroatoms. The van der Waals surface area contributed by atoms with Crippen LogP contribution in [-0.4, -0.2) is 29.2 Å². The van der Waals surface area contributed by atoms with Gasteiger partial charge in [-0.05, 0) is 30.7 Å². The van der Waals surface area contributed by atoms with E-state index in [-0.39, 0.29) is 11.8 Å². The van der Waals surface area contributed by atoms with Crippen molar-refractivity contribution >= 4 is 11.6 Å². The van der Waals surface area contributed by atoms with E-state index >= 15 is 0 Å². The van der Waals surface area contributed by atoms with E-state index in [0.717, 1.165) is 24.3 Å². The van der Waals surface area contributed by atoms with Crippen molar-refractivity contribution < 1.29 is 9.21 Å². The lowest BCUT2D eigenvalue weighted by Gasteiger charge is -2.14. The molecule has 0 saturated carbocycles. The van der Waals surface area contributed by atoms with Crippen LogP contribution < -0.4 is 10.6 Å². The quantitative estimate of drug-likeness (QED) is 0.885. The molecule has 2 aromatic rings. The fourth-order valence-corrected chi connectivity index (χ4v) is 2.42. The van der Waals surface area contributed by atoms with Gasteiger partial charge >= 0.3 is 0 Å². The van der Waals surface area contributed by atoms with Crippen LogP contribution in [0.5, 0.6) is 0 Å². The second-order valence-corrected chi connectivity index (χ2v) is 5.06. The molecule has 2 unspecified atom stereocenters. The van der Waals surface area contributed by atoms with Gasteiger partial charge in [0.05, 0.1) is 5.92 Å². The highest BCUT2D eigenvalue weighted by Crippen LogP contribution is 2.22. The Morgan fingerprint density at radius 3 is 3.05 bits per heavy atom. The van der Waals surface area contributed by atoms with Crippen LogP contribution in [0.1, 0.15) is 6.92 Å². The standard InChI is InChI=1S/C14H16N4O2/c1-9-6-15-7-12(9)13(19)17-11-4-2-3-10(5-11)14-18-16-8-20-14/h2-5,8-9,12,15H,6-7H2,1H3,(H,17,19). The van der Waals surface area contributed by atoms with Gasteiger partial charge in [-0.2, -0.15) is 0 Å². The van der Waals surface area contributed by atoms with Crippen molar-refractivity contribution in [3.8, 4) is 11.5 Å². The van der Waals surface area contributed by atoms with E-state index in [4.69, 9.17) is 4.42 Å². The van der Waals surface area contributed by atoms with E-state index < -0.39 is 0 Å². The highest BCUT2D eigenvalue weighted by Gasteiger charge is 2.29. The fraction of sp³-hybridized carbons (Fsp3) is 0.357. The number of carbonyl (C=O) groups excluding carboxylic acids is 1. The second kappa shape index (κ2) is 5.42. The van der Waals surface area contributed by atoms with Crippen LogP contribution in [-0.2, 0) is 4.79 Å². The third-order valence-electron chi connectivity index (χ3n) is 3.59. The molecule has 1 aromatic heterocycles. The van der Waals surface area contributed by atoms with Gasteiger partial charge in [-0.1, -0.05) is 13.0 Å². The first kappa shape index (κ1) is 12.8. The van der Waals surface area contributed by atoms with Crippen molar-refractivity contribution in [3.05, 3.63) is 30.7 Å². The van der Waals surface area contributed by atoms with E-state index in [1.165, 1.54) is 6.39 Å². The molecule has 6 nitrogen and oxygen atoms in total. The lowest BCUT2D eigenvalue weighted by molar-refractivity contribution is -0.120. The molecule has 1 aromatic carbocycles. The molecule has 20 heavy (non-hydrogen) atoms. The number of anilines is 1. The molecule has 3 rings (SSSR count). The zero-order valence-corrected chi connectivity index (χ0v) is 11.2. The highest BCUT2D eigenvalue weighted by molar-refractivity contribution is 5.93. The average molecular weight is 272 g/mol.